The van der Waals surface area contributed by atoms with Gasteiger partial charge >= 0.3 is 0 Å². The first kappa shape index (κ1) is 9.98. The van der Waals surface area contributed by atoms with Crippen LogP contribution in [-0.4, -0.2) is 22.6 Å². The minimum absolute atomic E-state index is 0.224. The van der Waals surface area contributed by atoms with Crippen molar-refractivity contribution in [2.45, 2.75) is 19.4 Å². The molecule has 0 spiro atoms. The zero-order valence-electron chi connectivity index (χ0n) is 8.83. The number of para-hydroxylation sites is 2. The maximum Gasteiger partial charge on any atom is 0.201 e. The molecule has 0 fully saturated rings. The average Bonchev–Trinajstić information content (AvgIpc) is 2.59. The van der Waals surface area contributed by atoms with Crippen molar-refractivity contribution in [3.63, 3.8) is 0 Å². The smallest absolute Gasteiger partial charge is 0.201 e. The molecule has 1 aromatic carbocycles. The summed E-state index contributed by atoms with van der Waals surface area (Å²) in [5.74, 6) is 0.817. The van der Waals surface area contributed by atoms with Crippen molar-refractivity contribution in [2.24, 2.45) is 5.73 Å². The van der Waals surface area contributed by atoms with Crippen molar-refractivity contribution >= 4 is 17.0 Å². The highest BCUT2D eigenvalue weighted by atomic mass is 15.1. The second-order valence-corrected chi connectivity index (χ2v) is 3.80. The number of imidazole rings is 1. The van der Waals surface area contributed by atoms with E-state index in [9.17, 15) is 0 Å². The summed E-state index contributed by atoms with van der Waals surface area (Å²) < 4.78 is 0. The molecule has 80 valence electrons. The standard InChI is InChI=1S/C11H16N4/c1-8(12)6-7-13-11-14-9-4-2-3-5-10(9)15-11/h2-5,8H,6-7,12H2,1H3,(H2,13,14,15). The number of aromatic amines is 1. The Morgan fingerprint density at radius 3 is 3.00 bits per heavy atom. The molecule has 4 N–H and O–H groups in total. The summed E-state index contributed by atoms with van der Waals surface area (Å²) in [5, 5.41) is 3.22. The third-order valence-electron chi connectivity index (χ3n) is 2.28. The van der Waals surface area contributed by atoms with Crippen LogP contribution in [0, 0.1) is 0 Å². The molecule has 1 unspecified atom stereocenters. The van der Waals surface area contributed by atoms with E-state index in [1.807, 2.05) is 31.2 Å². The first-order valence-electron chi connectivity index (χ1n) is 5.20. The molecular formula is C11H16N4. The van der Waals surface area contributed by atoms with Gasteiger partial charge < -0.3 is 16.0 Å². The van der Waals surface area contributed by atoms with Crippen LogP contribution in [0.1, 0.15) is 13.3 Å². The first-order chi connectivity index (χ1) is 7.25. The largest absolute Gasteiger partial charge is 0.356 e. The van der Waals surface area contributed by atoms with Crippen LogP contribution in [0.5, 0.6) is 0 Å². The van der Waals surface area contributed by atoms with E-state index < -0.39 is 0 Å². The summed E-state index contributed by atoms with van der Waals surface area (Å²) in [7, 11) is 0. The lowest BCUT2D eigenvalue weighted by atomic mass is 10.2. The van der Waals surface area contributed by atoms with Crippen molar-refractivity contribution in [1.29, 1.82) is 0 Å². The zero-order valence-corrected chi connectivity index (χ0v) is 8.83. The van der Waals surface area contributed by atoms with Crippen LogP contribution >= 0.6 is 0 Å². The first-order valence-corrected chi connectivity index (χ1v) is 5.20. The molecule has 4 nitrogen and oxygen atoms in total. The highest BCUT2D eigenvalue weighted by Crippen LogP contribution is 2.12. The Labute approximate surface area is 88.9 Å². The highest BCUT2D eigenvalue weighted by molar-refractivity contribution is 5.77. The fourth-order valence-corrected chi connectivity index (χ4v) is 1.45. The van der Waals surface area contributed by atoms with E-state index in [0.717, 1.165) is 29.9 Å². The van der Waals surface area contributed by atoms with Gasteiger partial charge in [0.2, 0.25) is 5.95 Å². The molecule has 0 amide bonds. The summed E-state index contributed by atoms with van der Waals surface area (Å²) in [6.07, 6.45) is 0.942. The van der Waals surface area contributed by atoms with Gasteiger partial charge in [-0.05, 0) is 25.5 Å². The summed E-state index contributed by atoms with van der Waals surface area (Å²) in [6, 6.07) is 8.20. The topological polar surface area (TPSA) is 66.7 Å². The van der Waals surface area contributed by atoms with Crippen molar-refractivity contribution in [3.05, 3.63) is 24.3 Å². The number of rotatable bonds is 4. The van der Waals surface area contributed by atoms with Gasteiger partial charge in [-0.2, -0.15) is 0 Å². The number of H-pyrrole nitrogens is 1. The lowest BCUT2D eigenvalue weighted by molar-refractivity contribution is 0.688. The maximum atomic E-state index is 5.66. The summed E-state index contributed by atoms with van der Waals surface area (Å²) in [4.78, 5) is 7.61. The van der Waals surface area contributed by atoms with Crippen LogP contribution < -0.4 is 11.1 Å². The number of anilines is 1. The van der Waals surface area contributed by atoms with Gasteiger partial charge in [0.05, 0.1) is 11.0 Å². The predicted octanol–water partition coefficient (Wildman–Crippen LogP) is 1.71. The summed E-state index contributed by atoms with van der Waals surface area (Å²) in [5.41, 5.74) is 7.70. The van der Waals surface area contributed by atoms with Crippen molar-refractivity contribution in [3.8, 4) is 0 Å². The minimum Gasteiger partial charge on any atom is -0.356 e. The number of nitrogens with zero attached hydrogens (tertiary/aromatic N) is 1. The van der Waals surface area contributed by atoms with E-state index >= 15 is 0 Å². The Hall–Kier alpha value is -1.55. The van der Waals surface area contributed by atoms with Crippen LogP contribution in [0.3, 0.4) is 0 Å². The van der Waals surface area contributed by atoms with Gasteiger partial charge in [0.15, 0.2) is 0 Å². The Kier molecular flexibility index (Phi) is 2.87. The fraction of sp³-hybridized carbons (Fsp3) is 0.364. The highest BCUT2D eigenvalue weighted by Gasteiger charge is 2.00. The molecule has 2 rings (SSSR count). The molecule has 2 aromatic rings. The fourth-order valence-electron chi connectivity index (χ4n) is 1.45. The molecule has 0 aliphatic rings. The zero-order chi connectivity index (χ0) is 10.7. The van der Waals surface area contributed by atoms with E-state index in [0.29, 0.717) is 0 Å². The van der Waals surface area contributed by atoms with Crippen molar-refractivity contribution in [2.75, 3.05) is 11.9 Å². The van der Waals surface area contributed by atoms with Crippen molar-refractivity contribution < 1.29 is 0 Å². The third-order valence-corrected chi connectivity index (χ3v) is 2.28. The second kappa shape index (κ2) is 4.31. The van der Waals surface area contributed by atoms with Crippen LogP contribution in [0.25, 0.3) is 11.0 Å². The summed E-state index contributed by atoms with van der Waals surface area (Å²) in [6.45, 7) is 2.85. The van der Waals surface area contributed by atoms with E-state index in [1.54, 1.807) is 0 Å². The molecule has 15 heavy (non-hydrogen) atoms. The monoisotopic (exact) mass is 204 g/mol. The molecule has 0 saturated carbocycles. The Balaban J connectivity index is 2.03. The van der Waals surface area contributed by atoms with Crippen LogP contribution in [0.4, 0.5) is 5.95 Å². The summed E-state index contributed by atoms with van der Waals surface area (Å²) >= 11 is 0. The van der Waals surface area contributed by atoms with E-state index in [4.69, 9.17) is 5.73 Å². The van der Waals surface area contributed by atoms with Gasteiger partial charge in [-0.25, -0.2) is 4.98 Å². The minimum atomic E-state index is 0.224. The molecule has 1 atom stereocenters. The van der Waals surface area contributed by atoms with Gasteiger partial charge in [-0.15, -0.1) is 0 Å². The van der Waals surface area contributed by atoms with Gasteiger partial charge in [-0.1, -0.05) is 12.1 Å². The second-order valence-electron chi connectivity index (χ2n) is 3.80. The van der Waals surface area contributed by atoms with E-state index in [-0.39, 0.29) is 6.04 Å². The van der Waals surface area contributed by atoms with E-state index in [2.05, 4.69) is 15.3 Å². The van der Waals surface area contributed by atoms with Crippen LogP contribution in [0.2, 0.25) is 0 Å². The molecule has 4 heteroatoms. The van der Waals surface area contributed by atoms with Gasteiger partial charge in [0.1, 0.15) is 0 Å². The molecule has 1 heterocycles. The lowest BCUT2D eigenvalue weighted by Gasteiger charge is -2.04. The number of nitrogens with two attached hydrogens (primary N) is 1. The van der Waals surface area contributed by atoms with Crippen LogP contribution in [0.15, 0.2) is 24.3 Å². The average molecular weight is 204 g/mol. The number of hydrogen-bond donors (Lipinski definition) is 3. The van der Waals surface area contributed by atoms with Gasteiger partial charge in [-0.3, -0.25) is 0 Å². The molecular weight excluding hydrogens is 188 g/mol. The predicted molar refractivity (Wildman–Crippen MR) is 62.8 cm³/mol. The number of fused-ring (bicyclic) bond motifs is 1. The molecule has 0 bridgehead atoms. The number of aromatic nitrogens is 2. The van der Waals surface area contributed by atoms with Gasteiger partial charge in [0, 0.05) is 12.6 Å². The Bertz CT molecular complexity index is 400. The third kappa shape index (κ3) is 2.47. The number of benzene rings is 1. The normalized spacial score (nSPS) is 12.9. The number of hydrogen-bond acceptors (Lipinski definition) is 3. The van der Waals surface area contributed by atoms with Crippen molar-refractivity contribution in [1.82, 2.24) is 9.97 Å². The maximum absolute atomic E-state index is 5.66. The van der Waals surface area contributed by atoms with Crippen LogP contribution in [-0.2, 0) is 0 Å². The molecule has 0 aliphatic carbocycles. The SMILES string of the molecule is CC(N)CCNc1nc2ccccc2[nH]1. The molecule has 1 aromatic heterocycles. The molecule has 0 saturated heterocycles. The molecule has 0 aliphatic heterocycles. The van der Waals surface area contributed by atoms with Gasteiger partial charge in [0.25, 0.3) is 0 Å². The Morgan fingerprint density at radius 2 is 2.27 bits per heavy atom. The quantitative estimate of drug-likeness (QED) is 0.710. The van der Waals surface area contributed by atoms with E-state index in [1.165, 1.54) is 0 Å². The number of nitrogens with one attached hydrogen (secondary N) is 2. The lowest BCUT2D eigenvalue weighted by Crippen LogP contribution is -2.19. The Morgan fingerprint density at radius 1 is 1.47 bits per heavy atom. The molecule has 0 radical (unpaired) electrons.